The summed E-state index contributed by atoms with van der Waals surface area (Å²) >= 11 is 1.36. The molecule has 0 fully saturated rings. The van der Waals surface area contributed by atoms with Gasteiger partial charge in [-0.25, -0.2) is 9.37 Å². The number of rotatable bonds is 6. The Hall–Kier alpha value is -2.73. The van der Waals surface area contributed by atoms with Gasteiger partial charge in [0.05, 0.1) is 0 Å². The van der Waals surface area contributed by atoms with Crippen molar-refractivity contribution in [2.75, 3.05) is 11.9 Å². The summed E-state index contributed by atoms with van der Waals surface area (Å²) in [7, 11) is 0. The third-order valence-electron chi connectivity index (χ3n) is 3.46. The zero-order chi connectivity index (χ0) is 17.6. The number of hydrogen-bond donors (Lipinski definition) is 1. The van der Waals surface area contributed by atoms with Crippen LogP contribution in [-0.2, 0) is 11.2 Å². The normalized spacial score (nSPS) is 10.5. The second kappa shape index (κ2) is 7.90. The van der Waals surface area contributed by atoms with Crippen LogP contribution in [0.1, 0.15) is 16.0 Å². The van der Waals surface area contributed by atoms with Crippen LogP contribution in [0.4, 0.5) is 9.52 Å². The second-order valence-corrected chi connectivity index (χ2v) is 6.70. The molecule has 1 amide bonds. The standard InChI is InChI=1S/C19H17FN2O2S/c1-13-5-7-16(8-6-13)24-12-18(23)22-19-21-11-17(25-19)10-14-3-2-4-15(20)9-14/h2-9,11H,10,12H2,1H3,(H,21,22,23). The lowest BCUT2D eigenvalue weighted by Gasteiger charge is -2.05. The second-order valence-electron chi connectivity index (χ2n) is 5.59. The summed E-state index contributed by atoms with van der Waals surface area (Å²) in [5.74, 6) is 0.114. The Bertz CT molecular complexity index is 862. The topological polar surface area (TPSA) is 51.2 Å². The molecule has 25 heavy (non-hydrogen) atoms. The molecule has 1 heterocycles. The highest BCUT2D eigenvalue weighted by Crippen LogP contribution is 2.21. The predicted octanol–water partition coefficient (Wildman–Crippen LogP) is 4.20. The Morgan fingerprint density at radius 3 is 2.80 bits per heavy atom. The van der Waals surface area contributed by atoms with Crippen LogP contribution in [0, 0.1) is 12.7 Å². The van der Waals surface area contributed by atoms with Crippen molar-refractivity contribution in [3.63, 3.8) is 0 Å². The summed E-state index contributed by atoms with van der Waals surface area (Å²) in [5.41, 5.74) is 2.00. The molecule has 0 aliphatic rings. The maximum absolute atomic E-state index is 13.2. The average molecular weight is 356 g/mol. The Kier molecular flexibility index (Phi) is 5.40. The molecule has 128 valence electrons. The van der Waals surface area contributed by atoms with E-state index in [1.165, 1.54) is 23.5 Å². The van der Waals surface area contributed by atoms with Crippen molar-refractivity contribution in [3.05, 3.63) is 76.5 Å². The number of hydrogen-bond acceptors (Lipinski definition) is 4. The van der Waals surface area contributed by atoms with Crippen molar-refractivity contribution < 1.29 is 13.9 Å². The van der Waals surface area contributed by atoms with Crippen LogP contribution < -0.4 is 10.1 Å². The molecule has 0 saturated carbocycles. The van der Waals surface area contributed by atoms with Crippen LogP contribution in [0.3, 0.4) is 0 Å². The van der Waals surface area contributed by atoms with Gasteiger partial charge in [0, 0.05) is 17.5 Å². The molecule has 0 radical (unpaired) electrons. The van der Waals surface area contributed by atoms with Gasteiger partial charge in [-0.3, -0.25) is 10.1 Å². The number of benzene rings is 2. The first-order valence-electron chi connectivity index (χ1n) is 7.77. The van der Waals surface area contributed by atoms with E-state index in [0.29, 0.717) is 17.3 Å². The molecule has 0 aliphatic heterocycles. The molecule has 0 unspecified atom stereocenters. The van der Waals surface area contributed by atoms with Crippen LogP contribution in [0.15, 0.2) is 54.7 Å². The molecule has 6 heteroatoms. The number of anilines is 1. The first-order valence-corrected chi connectivity index (χ1v) is 8.58. The third-order valence-corrected chi connectivity index (χ3v) is 4.37. The lowest BCUT2D eigenvalue weighted by Crippen LogP contribution is -2.19. The van der Waals surface area contributed by atoms with Gasteiger partial charge in [0.2, 0.25) is 0 Å². The first kappa shape index (κ1) is 17.1. The number of aromatic nitrogens is 1. The van der Waals surface area contributed by atoms with Gasteiger partial charge >= 0.3 is 0 Å². The largest absolute Gasteiger partial charge is 0.484 e. The molecule has 3 rings (SSSR count). The van der Waals surface area contributed by atoms with Gasteiger partial charge in [-0.1, -0.05) is 29.8 Å². The molecule has 3 aromatic rings. The van der Waals surface area contributed by atoms with E-state index in [0.717, 1.165) is 16.0 Å². The zero-order valence-electron chi connectivity index (χ0n) is 13.7. The fourth-order valence-corrected chi connectivity index (χ4v) is 3.10. The third kappa shape index (κ3) is 5.12. The number of carbonyl (C=O) groups is 1. The summed E-state index contributed by atoms with van der Waals surface area (Å²) in [6, 6.07) is 13.9. The Labute approximate surface area is 149 Å². The van der Waals surface area contributed by atoms with Gasteiger partial charge in [0.15, 0.2) is 11.7 Å². The molecule has 0 bridgehead atoms. The summed E-state index contributed by atoms with van der Waals surface area (Å²) in [6.07, 6.45) is 2.26. The highest BCUT2D eigenvalue weighted by Gasteiger charge is 2.08. The molecule has 0 atom stereocenters. The molecule has 4 nitrogen and oxygen atoms in total. The van der Waals surface area contributed by atoms with Crippen LogP contribution >= 0.6 is 11.3 Å². The fourth-order valence-electron chi connectivity index (χ4n) is 2.23. The minimum atomic E-state index is -0.271. The van der Waals surface area contributed by atoms with Crippen molar-refractivity contribution >= 4 is 22.4 Å². The van der Waals surface area contributed by atoms with Crippen LogP contribution in [0.2, 0.25) is 0 Å². The Morgan fingerprint density at radius 2 is 2.04 bits per heavy atom. The van der Waals surface area contributed by atoms with Gasteiger partial charge in [-0.2, -0.15) is 0 Å². The van der Waals surface area contributed by atoms with Gasteiger partial charge < -0.3 is 4.74 Å². The Morgan fingerprint density at radius 1 is 1.24 bits per heavy atom. The van der Waals surface area contributed by atoms with Crippen molar-refractivity contribution in [2.45, 2.75) is 13.3 Å². The van der Waals surface area contributed by atoms with E-state index in [1.54, 1.807) is 12.3 Å². The highest BCUT2D eigenvalue weighted by atomic mass is 32.1. The maximum Gasteiger partial charge on any atom is 0.264 e. The van der Waals surface area contributed by atoms with Crippen LogP contribution in [0.25, 0.3) is 0 Å². The molecular formula is C19H17FN2O2S. The SMILES string of the molecule is Cc1ccc(OCC(=O)Nc2ncc(Cc3cccc(F)c3)s2)cc1. The molecule has 0 saturated heterocycles. The average Bonchev–Trinajstić information content (AvgIpc) is 3.01. The smallest absolute Gasteiger partial charge is 0.264 e. The van der Waals surface area contributed by atoms with Crippen molar-refractivity contribution in [1.29, 1.82) is 0 Å². The van der Waals surface area contributed by atoms with Gasteiger partial charge in [0.1, 0.15) is 11.6 Å². The van der Waals surface area contributed by atoms with E-state index >= 15 is 0 Å². The number of nitrogens with one attached hydrogen (secondary N) is 1. The number of carbonyl (C=O) groups excluding carboxylic acids is 1. The summed E-state index contributed by atoms with van der Waals surface area (Å²) < 4.78 is 18.6. The molecular weight excluding hydrogens is 339 g/mol. The number of amides is 1. The van der Waals surface area contributed by atoms with E-state index in [9.17, 15) is 9.18 Å². The van der Waals surface area contributed by atoms with Crippen molar-refractivity contribution in [3.8, 4) is 5.75 Å². The minimum Gasteiger partial charge on any atom is -0.484 e. The molecule has 1 aromatic heterocycles. The van der Waals surface area contributed by atoms with E-state index in [4.69, 9.17) is 4.74 Å². The van der Waals surface area contributed by atoms with Crippen LogP contribution in [-0.4, -0.2) is 17.5 Å². The van der Waals surface area contributed by atoms with Gasteiger partial charge in [0.25, 0.3) is 5.91 Å². The quantitative estimate of drug-likeness (QED) is 0.720. The lowest BCUT2D eigenvalue weighted by atomic mass is 10.1. The number of thiazole rings is 1. The van der Waals surface area contributed by atoms with Crippen LogP contribution in [0.5, 0.6) is 5.75 Å². The highest BCUT2D eigenvalue weighted by molar-refractivity contribution is 7.15. The van der Waals surface area contributed by atoms with Crippen molar-refractivity contribution in [2.24, 2.45) is 0 Å². The Balaban J connectivity index is 1.52. The molecule has 0 aliphatic carbocycles. The predicted molar refractivity (Wildman–Crippen MR) is 96.6 cm³/mol. The van der Waals surface area contributed by atoms with Gasteiger partial charge in [-0.05, 0) is 36.8 Å². The van der Waals surface area contributed by atoms with Gasteiger partial charge in [-0.15, -0.1) is 11.3 Å². The van der Waals surface area contributed by atoms with E-state index in [-0.39, 0.29) is 18.3 Å². The summed E-state index contributed by atoms with van der Waals surface area (Å²) in [5, 5.41) is 3.21. The fraction of sp³-hybridized carbons (Fsp3) is 0.158. The number of ether oxygens (including phenoxy) is 1. The zero-order valence-corrected chi connectivity index (χ0v) is 14.5. The maximum atomic E-state index is 13.2. The number of halogens is 1. The molecule has 0 spiro atoms. The van der Waals surface area contributed by atoms with E-state index < -0.39 is 0 Å². The number of nitrogens with zero attached hydrogens (tertiary/aromatic N) is 1. The lowest BCUT2D eigenvalue weighted by molar-refractivity contribution is -0.118. The monoisotopic (exact) mass is 356 g/mol. The van der Waals surface area contributed by atoms with E-state index in [1.807, 2.05) is 37.3 Å². The molecule has 2 aromatic carbocycles. The summed E-state index contributed by atoms with van der Waals surface area (Å²) in [4.78, 5) is 17.1. The number of aryl methyl sites for hydroxylation is 1. The summed E-state index contributed by atoms with van der Waals surface area (Å²) in [6.45, 7) is 1.90. The van der Waals surface area contributed by atoms with E-state index in [2.05, 4.69) is 10.3 Å². The molecule has 1 N–H and O–H groups in total. The van der Waals surface area contributed by atoms with Crippen molar-refractivity contribution in [1.82, 2.24) is 4.98 Å². The first-order chi connectivity index (χ1) is 12.1. The minimum absolute atomic E-state index is 0.0815.